The van der Waals surface area contributed by atoms with Gasteiger partial charge in [0.25, 0.3) is 5.91 Å². The maximum atomic E-state index is 12.9. The Morgan fingerprint density at radius 2 is 1.75 bits per heavy atom. The van der Waals surface area contributed by atoms with Gasteiger partial charge in [0.2, 0.25) is 0 Å². The first-order valence-electron chi connectivity index (χ1n) is 12.6. The zero-order chi connectivity index (χ0) is 23.1. The highest BCUT2D eigenvalue weighted by Gasteiger charge is 2.60. The summed E-state index contributed by atoms with van der Waals surface area (Å²) >= 11 is 0. The summed E-state index contributed by atoms with van der Waals surface area (Å²) < 4.78 is 0. The Hall–Kier alpha value is -1.46. The second kappa shape index (κ2) is 8.72. The second-order valence-electron chi connectivity index (χ2n) is 12.0. The molecule has 4 rings (SSSR count). The summed E-state index contributed by atoms with van der Waals surface area (Å²) in [7, 11) is 0. The third-order valence-corrected chi connectivity index (χ3v) is 10.5. The lowest BCUT2D eigenvalue weighted by Crippen LogP contribution is -2.55. The van der Waals surface area contributed by atoms with Gasteiger partial charge in [-0.25, -0.2) is 0 Å². The molecule has 3 fully saturated rings. The summed E-state index contributed by atoms with van der Waals surface area (Å²) in [6, 6.07) is 3.53. The van der Waals surface area contributed by atoms with Crippen LogP contribution in [0.3, 0.4) is 0 Å². The van der Waals surface area contributed by atoms with Crippen LogP contribution in [0.2, 0.25) is 0 Å². The highest BCUT2D eigenvalue weighted by atomic mass is 16.3. The largest absolute Gasteiger partial charge is 0.396 e. The van der Waals surface area contributed by atoms with Gasteiger partial charge in [0.05, 0.1) is 6.10 Å². The van der Waals surface area contributed by atoms with E-state index >= 15 is 0 Å². The maximum Gasteiger partial charge on any atom is 0.251 e. The molecule has 1 aromatic heterocycles. The number of nitrogens with zero attached hydrogens (tertiary/aromatic N) is 1. The lowest BCUT2D eigenvalue weighted by Gasteiger charge is -2.58. The number of aliphatic hydroxyl groups excluding tert-OH is 2. The van der Waals surface area contributed by atoms with E-state index in [2.05, 4.69) is 38.0 Å². The van der Waals surface area contributed by atoms with Crippen LogP contribution in [-0.2, 0) is 0 Å². The van der Waals surface area contributed by atoms with Gasteiger partial charge in [-0.1, -0.05) is 27.7 Å². The van der Waals surface area contributed by atoms with Gasteiger partial charge >= 0.3 is 0 Å². The Bertz CT molecular complexity index is 812. The Morgan fingerprint density at radius 1 is 1.06 bits per heavy atom. The van der Waals surface area contributed by atoms with Crippen molar-refractivity contribution >= 4 is 5.91 Å². The lowest BCUT2D eigenvalue weighted by molar-refractivity contribution is -0.111. The van der Waals surface area contributed by atoms with E-state index in [1.807, 2.05) is 0 Å². The molecule has 3 saturated carbocycles. The molecule has 0 bridgehead atoms. The average Bonchev–Trinajstić information content (AvgIpc) is 3.03. The van der Waals surface area contributed by atoms with Crippen molar-refractivity contribution in [3.8, 4) is 0 Å². The van der Waals surface area contributed by atoms with Crippen molar-refractivity contribution in [3.63, 3.8) is 0 Å². The van der Waals surface area contributed by atoms with E-state index in [1.165, 1.54) is 19.3 Å². The number of hydrogen-bond acceptors (Lipinski definition) is 4. The van der Waals surface area contributed by atoms with E-state index in [1.54, 1.807) is 24.5 Å². The lowest BCUT2D eigenvalue weighted by atomic mass is 9.47. The van der Waals surface area contributed by atoms with Crippen LogP contribution in [-0.4, -0.2) is 40.4 Å². The first kappa shape index (κ1) is 23.7. The van der Waals surface area contributed by atoms with Crippen LogP contribution in [0.4, 0.5) is 0 Å². The number of hydrogen-bond donors (Lipinski definition) is 3. The van der Waals surface area contributed by atoms with Crippen molar-refractivity contribution in [2.75, 3.05) is 13.2 Å². The molecule has 3 aliphatic rings. The molecule has 0 saturated heterocycles. The fourth-order valence-electron chi connectivity index (χ4n) is 7.87. The Kier molecular flexibility index (Phi) is 6.45. The van der Waals surface area contributed by atoms with Gasteiger partial charge in [-0.3, -0.25) is 9.78 Å². The van der Waals surface area contributed by atoms with E-state index in [0.717, 1.165) is 19.3 Å². The molecular weight excluding hydrogens is 400 g/mol. The van der Waals surface area contributed by atoms with E-state index in [9.17, 15) is 15.0 Å². The molecule has 3 aliphatic carbocycles. The molecule has 7 atom stereocenters. The summed E-state index contributed by atoms with van der Waals surface area (Å²) in [5, 5.41) is 23.8. The standard InChI is InChI=1S/C27H42N2O3/c1-25(2)10-6-23-21(16-29-24(32)18-8-13-28-14-9-18)22(7-12-27(23,25)4)26(3)11-5-20(31)15-19(26)17-30/h8-9,13-14,19-23,30-31H,5-7,10-12,15-17H2,1-4H3,(H,29,32). The molecule has 5 nitrogen and oxygen atoms in total. The molecule has 1 aromatic rings. The number of nitrogens with one attached hydrogen (secondary N) is 1. The molecule has 32 heavy (non-hydrogen) atoms. The predicted octanol–water partition coefficient (Wildman–Crippen LogP) is 4.44. The first-order chi connectivity index (χ1) is 15.1. The number of pyridine rings is 1. The summed E-state index contributed by atoms with van der Waals surface area (Å²) in [6.45, 7) is 10.5. The number of fused-ring (bicyclic) bond motifs is 1. The van der Waals surface area contributed by atoms with E-state index < -0.39 is 0 Å². The van der Waals surface area contributed by atoms with E-state index in [4.69, 9.17) is 0 Å². The van der Waals surface area contributed by atoms with Gasteiger partial charge in [0.15, 0.2) is 0 Å². The van der Waals surface area contributed by atoms with Gasteiger partial charge in [0.1, 0.15) is 0 Å². The SMILES string of the molecule is CC1(C2CCC3(C)C(CCC3(C)C)C2CNC(=O)c2ccncc2)CCC(O)CC1CO. The fraction of sp³-hybridized carbons (Fsp3) is 0.778. The van der Waals surface area contributed by atoms with Crippen LogP contribution in [0.1, 0.15) is 83.0 Å². The molecule has 3 N–H and O–H groups in total. The van der Waals surface area contributed by atoms with Crippen molar-refractivity contribution in [2.24, 2.45) is 39.9 Å². The fourth-order valence-corrected chi connectivity index (χ4v) is 7.87. The van der Waals surface area contributed by atoms with Gasteiger partial charge in [-0.05, 0) is 97.0 Å². The third-order valence-electron chi connectivity index (χ3n) is 10.5. The molecule has 0 radical (unpaired) electrons. The molecule has 0 aromatic carbocycles. The number of aliphatic hydroxyl groups is 2. The maximum absolute atomic E-state index is 12.9. The summed E-state index contributed by atoms with van der Waals surface area (Å²) in [6.07, 6.45) is 10.3. The van der Waals surface area contributed by atoms with Gasteiger partial charge in [-0.15, -0.1) is 0 Å². The molecule has 1 heterocycles. The highest BCUT2D eigenvalue weighted by molar-refractivity contribution is 5.93. The summed E-state index contributed by atoms with van der Waals surface area (Å²) in [5.74, 6) is 1.48. The molecule has 5 heteroatoms. The van der Waals surface area contributed by atoms with Crippen LogP contribution in [0.15, 0.2) is 24.5 Å². The molecule has 0 aliphatic heterocycles. The molecular formula is C27H42N2O3. The first-order valence-corrected chi connectivity index (χ1v) is 12.6. The number of carbonyl (C=O) groups excluding carboxylic acids is 1. The molecule has 178 valence electrons. The number of carbonyl (C=O) groups is 1. The minimum atomic E-state index is -0.302. The van der Waals surface area contributed by atoms with Crippen molar-refractivity contribution in [2.45, 2.75) is 78.7 Å². The summed E-state index contributed by atoms with van der Waals surface area (Å²) in [5.41, 5.74) is 1.22. The quantitative estimate of drug-likeness (QED) is 0.630. The van der Waals surface area contributed by atoms with Crippen molar-refractivity contribution in [3.05, 3.63) is 30.1 Å². The third kappa shape index (κ3) is 3.90. The topological polar surface area (TPSA) is 82.5 Å². The van der Waals surface area contributed by atoms with Gasteiger partial charge < -0.3 is 15.5 Å². The van der Waals surface area contributed by atoms with Crippen LogP contribution in [0.5, 0.6) is 0 Å². The normalized spacial score (nSPS) is 41.1. The Balaban J connectivity index is 1.62. The number of amides is 1. The van der Waals surface area contributed by atoms with Gasteiger partial charge in [0, 0.05) is 31.1 Å². The molecule has 0 spiro atoms. The molecule has 1 amide bonds. The second-order valence-corrected chi connectivity index (χ2v) is 12.0. The highest BCUT2D eigenvalue weighted by Crippen LogP contribution is 2.67. The van der Waals surface area contributed by atoms with Crippen LogP contribution in [0, 0.1) is 39.9 Å². The number of rotatable bonds is 5. The smallest absolute Gasteiger partial charge is 0.251 e. The van der Waals surface area contributed by atoms with Gasteiger partial charge in [-0.2, -0.15) is 0 Å². The van der Waals surface area contributed by atoms with Crippen molar-refractivity contribution in [1.82, 2.24) is 10.3 Å². The Morgan fingerprint density at radius 3 is 2.44 bits per heavy atom. The minimum Gasteiger partial charge on any atom is -0.396 e. The summed E-state index contributed by atoms with van der Waals surface area (Å²) in [4.78, 5) is 16.9. The minimum absolute atomic E-state index is 0.00585. The zero-order valence-electron chi connectivity index (χ0n) is 20.3. The van der Waals surface area contributed by atoms with Crippen molar-refractivity contribution in [1.29, 1.82) is 0 Å². The zero-order valence-corrected chi connectivity index (χ0v) is 20.3. The van der Waals surface area contributed by atoms with Crippen LogP contribution < -0.4 is 5.32 Å². The predicted molar refractivity (Wildman–Crippen MR) is 126 cm³/mol. The number of aromatic nitrogens is 1. The van der Waals surface area contributed by atoms with E-state index in [0.29, 0.717) is 41.7 Å². The van der Waals surface area contributed by atoms with Crippen molar-refractivity contribution < 1.29 is 15.0 Å². The monoisotopic (exact) mass is 442 g/mol. The van der Waals surface area contributed by atoms with Crippen LogP contribution >= 0.6 is 0 Å². The average molecular weight is 443 g/mol. The van der Waals surface area contributed by atoms with E-state index in [-0.39, 0.29) is 35.4 Å². The van der Waals surface area contributed by atoms with Crippen LogP contribution in [0.25, 0.3) is 0 Å². The molecule has 7 unspecified atom stereocenters. The Labute approximate surface area is 193 Å².